The standard InChI is InChI=1S/C34H59N7O/c1-7-10-16-34(6,9-3)17-14-28(36)27(20-24(4)8-2)33(42)40-18-12-11-13-30(40)29-21-31-37-32(25(5)22-41(31)38-29)39-19-15-26(35)23-39/h21-22,24,26-28,30H,7-20,23,35-36H2,1-6H3. The van der Waals surface area contributed by atoms with E-state index in [1.54, 1.807) is 0 Å². The minimum atomic E-state index is -0.156. The molecule has 42 heavy (non-hydrogen) atoms. The van der Waals surface area contributed by atoms with E-state index in [-0.39, 0.29) is 30.0 Å². The van der Waals surface area contributed by atoms with Gasteiger partial charge in [-0.3, -0.25) is 4.79 Å². The molecule has 4 heterocycles. The maximum absolute atomic E-state index is 14.4. The van der Waals surface area contributed by atoms with Crippen molar-refractivity contribution in [2.45, 2.75) is 137 Å². The van der Waals surface area contributed by atoms with Gasteiger partial charge in [0.15, 0.2) is 5.65 Å². The largest absolute Gasteiger partial charge is 0.355 e. The highest BCUT2D eigenvalue weighted by Gasteiger charge is 2.37. The number of carbonyl (C=O) groups excluding carboxylic acids is 1. The third kappa shape index (κ3) is 7.65. The van der Waals surface area contributed by atoms with Crippen LogP contribution in [-0.2, 0) is 4.79 Å². The van der Waals surface area contributed by atoms with Gasteiger partial charge in [0.05, 0.1) is 17.7 Å². The van der Waals surface area contributed by atoms with E-state index in [2.05, 4.69) is 63.6 Å². The van der Waals surface area contributed by atoms with Crippen LogP contribution in [-0.4, -0.2) is 57.1 Å². The van der Waals surface area contributed by atoms with Gasteiger partial charge in [-0.15, -0.1) is 0 Å². The first-order chi connectivity index (χ1) is 20.1. The fourth-order valence-electron chi connectivity index (χ4n) is 7.06. The molecule has 4 rings (SSSR count). The first-order valence-corrected chi connectivity index (χ1v) is 17.0. The number of aromatic nitrogens is 3. The number of hydrogen-bond acceptors (Lipinski definition) is 6. The van der Waals surface area contributed by atoms with Crippen LogP contribution in [0, 0.1) is 24.2 Å². The third-order valence-electron chi connectivity index (χ3n) is 10.5. The first-order valence-electron chi connectivity index (χ1n) is 17.0. The Morgan fingerprint density at radius 3 is 2.62 bits per heavy atom. The van der Waals surface area contributed by atoms with Gasteiger partial charge in [-0.25, -0.2) is 9.50 Å². The van der Waals surface area contributed by atoms with E-state index in [9.17, 15) is 4.79 Å². The summed E-state index contributed by atoms with van der Waals surface area (Å²) in [6, 6.07) is 2.14. The minimum Gasteiger partial charge on any atom is -0.355 e. The zero-order valence-electron chi connectivity index (χ0n) is 27.4. The van der Waals surface area contributed by atoms with Gasteiger partial charge in [-0.2, -0.15) is 5.10 Å². The Morgan fingerprint density at radius 1 is 1.17 bits per heavy atom. The van der Waals surface area contributed by atoms with E-state index in [0.29, 0.717) is 11.3 Å². The second-order valence-electron chi connectivity index (χ2n) is 14.0. The van der Waals surface area contributed by atoms with Crippen LogP contribution in [0.2, 0.25) is 0 Å². The van der Waals surface area contributed by atoms with Crippen LogP contribution in [0.1, 0.15) is 129 Å². The van der Waals surface area contributed by atoms with Crippen LogP contribution in [0.25, 0.3) is 5.65 Å². The summed E-state index contributed by atoms with van der Waals surface area (Å²) in [7, 11) is 0. The van der Waals surface area contributed by atoms with E-state index >= 15 is 0 Å². The molecule has 0 bridgehead atoms. The number of hydrogen-bond donors (Lipinski definition) is 2. The van der Waals surface area contributed by atoms with Crippen molar-refractivity contribution >= 4 is 17.4 Å². The lowest BCUT2D eigenvalue weighted by Crippen LogP contribution is -2.48. The molecule has 2 aromatic heterocycles. The summed E-state index contributed by atoms with van der Waals surface area (Å²) in [5.74, 6) is 1.53. The third-order valence-corrected chi connectivity index (χ3v) is 10.5. The van der Waals surface area contributed by atoms with Crippen molar-refractivity contribution in [2.24, 2.45) is 28.7 Å². The summed E-state index contributed by atoms with van der Waals surface area (Å²) in [5, 5.41) is 4.99. The predicted molar refractivity (Wildman–Crippen MR) is 174 cm³/mol. The van der Waals surface area contributed by atoms with Crippen LogP contribution in [0.4, 0.5) is 5.82 Å². The Hall–Kier alpha value is -2.19. The van der Waals surface area contributed by atoms with Gasteiger partial charge in [0.25, 0.3) is 0 Å². The number of rotatable bonds is 14. The molecule has 2 aliphatic rings. The van der Waals surface area contributed by atoms with Gasteiger partial charge in [0, 0.05) is 49.5 Å². The highest BCUT2D eigenvalue weighted by molar-refractivity contribution is 5.80. The normalized spacial score (nSPS) is 23.2. The van der Waals surface area contributed by atoms with Crippen LogP contribution >= 0.6 is 0 Å². The summed E-state index contributed by atoms with van der Waals surface area (Å²) >= 11 is 0. The van der Waals surface area contributed by atoms with Crippen LogP contribution in [0.3, 0.4) is 0 Å². The number of likely N-dealkylation sites (tertiary alicyclic amines) is 1. The van der Waals surface area contributed by atoms with Crippen LogP contribution in [0.5, 0.6) is 0 Å². The Kier molecular flexibility index (Phi) is 11.3. The molecule has 8 nitrogen and oxygen atoms in total. The number of anilines is 1. The number of nitrogens with two attached hydrogens (primary N) is 2. The zero-order valence-corrected chi connectivity index (χ0v) is 27.4. The lowest BCUT2D eigenvalue weighted by atomic mass is 9.75. The van der Waals surface area contributed by atoms with Crippen LogP contribution in [0.15, 0.2) is 12.3 Å². The maximum Gasteiger partial charge on any atom is 0.227 e. The summed E-state index contributed by atoms with van der Waals surface area (Å²) in [5.41, 5.74) is 16.3. The molecule has 0 radical (unpaired) electrons. The zero-order chi connectivity index (χ0) is 30.4. The van der Waals surface area contributed by atoms with Crippen molar-refractivity contribution in [1.29, 1.82) is 0 Å². The molecular formula is C34H59N7O. The Bertz CT molecular complexity index is 1160. The Morgan fingerprint density at radius 2 is 1.95 bits per heavy atom. The van der Waals surface area contributed by atoms with Crippen molar-refractivity contribution in [3.05, 3.63) is 23.5 Å². The Labute approximate surface area is 255 Å². The summed E-state index contributed by atoms with van der Waals surface area (Å²) in [6.07, 6.45) is 14.9. The second-order valence-corrected chi connectivity index (χ2v) is 14.0. The molecule has 0 aliphatic carbocycles. The van der Waals surface area contributed by atoms with Crippen molar-refractivity contribution < 1.29 is 4.79 Å². The van der Waals surface area contributed by atoms with Gasteiger partial charge < -0.3 is 21.3 Å². The van der Waals surface area contributed by atoms with E-state index in [4.69, 9.17) is 21.5 Å². The van der Waals surface area contributed by atoms with Gasteiger partial charge in [0.2, 0.25) is 5.91 Å². The highest BCUT2D eigenvalue weighted by Crippen LogP contribution is 2.37. The molecule has 2 aliphatic heterocycles. The molecule has 6 atom stereocenters. The average molecular weight is 582 g/mol. The molecular weight excluding hydrogens is 522 g/mol. The number of amides is 1. The van der Waals surface area contributed by atoms with E-state index < -0.39 is 0 Å². The molecule has 0 saturated carbocycles. The molecule has 6 unspecified atom stereocenters. The molecule has 2 saturated heterocycles. The minimum absolute atomic E-state index is 0.0333. The van der Waals surface area contributed by atoms with Gasteiger partial charge >= 0.3 is 0 Å². The number of piperidine rings is 1. The molecule has 4 N–H and O–H groups in total. The van der Waals surface area contributed by atoms with Gasteiger partial charge in [0.1, 0.15) is 5.82 Å². The molecule has 236 valence electrons. The van der Waals surface area contributed by atoms with Gasteiger partial charge in [-0.05, 0) is 69.6 Å². The van der Waals surface area contributed by atoms with Crippen LogP contribution < -0.4 is 16.4 Å². The first kappa shape index (κ1) is 32.7. The smallest absolute Gasteiger partial charge is 0.227 e. The number of unbranched alkanes of at least 4 members (excludes halogenated alkanes) is 1. The summed E-state index contributed by atoms with van der Waals surface area (Å²) in [6.45, 7) is 16.1. The fourth-order valence-corrected chi connectivity index (χ4v) is 7.06. The monoisotopic (exact) mass is 581 g/mol. The predicted octanol–water partition coefficient (Wildman–Crippen LogP) is 6.40. The SMILES string of the molecule is CCCCC(C)(CC)CCC(N)C(CC(C)CC)C(=O)N1CCCCC1c1cc2nc(N3CCC(N)C3)c(C)cn2n1. The van der Waals surface area contributed by atoms with Gasteiger partial charge in [-0.1, -0.05) is 60.3 Å². The van der Waals surface area contributed by atoms with E-state index in [1.807, 2.05) is 4.52 Å². The fraction of sp³-hybridized carbons (Fsp3) is 0.794. The van der Waals surface area contributed by atoms with Crippen molar-refractivity contribution in [3.63, 3.8) is 0 Å². The molecule has 2 aromatic rings. The van der Waals surface area contributed by atoms with Crippen molar-refractivity contribution in [2.75, 3.05) is 24.5 Å². The van der Waals surface area contributed by atoms with E-state index in [0.717, 1.165) is 100 Å². The molecule has 8 heteroatoms. The molecule has 0 spiro atoms. The number of aryl methyl sites for hydroxylation is 1. The van der Waals surface area contributed by atoms with Crippen molar-refractivity contribution in [1.82, 2.24) is 19.5 Å². The number of nitrogens with zero attached hydrogens (tertiary/aromatic N) is 5. The molecule has 2 fully saturated rings. The maximum atomic E-state index is 14.4. The quantitative estimate of drug-likeness (QED) is 0.268. The average Bonchev–Trinajstić information content (AvgIpc) is 3.62. The summed E-state index contributed by atoms with van der Waals surface area (Å²) in [4.78, 5) is 23.9. The highest BCUT2D eigenvalue weighted by atomic mass is 16.2. The summed E-state index contributed by atoms with van der Waals surface area (Å²) < 4.78 is 1.89. The lowest BCUT2D eigenvalue weighted by Gasteiger charge is -2.39. The number of fused-ring (bicyclic) bond motifs is 1. The molecule has 1 amide bonds. The second kappa shape index (κ2) is 14.5. The lowest BCUT2D eigenvalue weighted by molar-refractivity contribution is -0.141. The molecule has 0 aromatic carbocycles. The Balaban J connectivity index is 1.56. The van der Waals surface area contributed by atoms with E-state index in [1.165, 1.54) is 19.3 Å². The van der Waals surface area contributed by atoms with Crippen molar-refractivity contribution in [3.8, 4) is 0 Å². The topological polar surface area (TPSA) is 106 Å². The number of carbonyl (C=O) groups is 1.